The van der Waals surface area contributed by atoms with Crippen LogP contribution in [0.4, 0.5) is 0 Å². The highest BCUT2D eigenvalue weighted by atomic mass is 35.5. The van der Waals surface area contributed by atoms with Crippen molar-refractivity contribution in [1.82, 2.24) is 0 Å². The molecule has 1 rings (SSSR count). The lowest BCUT2D eigenvalue weighted by atomic mass is 10.0. The van der Waals surface area contributed by atoms with Gasteiger partial charge in [-0.05, 0) is 43.9 Å². The van der Waals surface area contributed by atoms with Gasteiger partial charge in [-0.1, -0.05) is 29.3 Å². The van der Waals surface area contributed by atoms with Gasteiger partial charge in [0.15, 0.2) is 0 Å². The van der Waals surface area contributed by atoms with Crippen LogP contribution >= 0.6 is 23.2 Å². The van der Waals surface area contributed by atoms with Crippen molar-refractivity contribution in [2.45, 2.75) is 38.4 Å². The average Bonchev–Trinajstić information content (AvgIpc) is 2.31. The van der Waals surface area contributed by atoms with E-state index in [2.05, 4.69) is 0 Å². The van der Waals surface area contributed by atoms with E-state index in [0.29, 0.717) is 16.5 Å². The Morgan fingerprint density at radius 3 is 2.53 bits per heavy atom. The van der Waals surface area contributed by atoms with Gasteiger partial charge in [0.1, 0.15) is 0 Å². The van der Waals surface area contributed by atoms with Crippen LogP contribution in [0.1, 0.15) is 25.3 Å². The highest BCUT2D eigenvalue weighted by Crippen LogP contribution is 2.23. The molecule has 0 saturated heterocycles. The predicted octanol–water partition coefficient (Wildman–Crippen LogP) is 3.71. The molecule has 17 heavy (non-hydrogen) atoms. The van der Waals surface area contributed by atoms with E-state index in [1.165, 1.54) is 0 Å². The van der Waals surface area contributed by atoms with E-state index in [1.54, 1.807) is 19.2 Å². The van der Waals surface area contributed by atoms with Gasteiger partial charge in [0.2, 0.25) is 0 Å². The first-order valence-corrected chi connectivity index (χ1v) is 6.43. The number of hydrogen-bond acceptors (Lipinski definition) is 2. The largest absolute Gasteiger partial charge is 0.393 e. The third-order valence-corrected chi connectivity index (χ3v) is 3.50. The monoisotopic (exact) mass is 276 g/mol. The van der Waals surface area contributed by atoms with Crippen LogP contribution < -0.4 is 0 Å². The first-order chi connectivity index (χ1) is 8.02. The SMILES string of the molecule is COC(C)CCC(O)Cc1ccc(Cl)c(Cl)c1. The summed E-state index contributed by atoms with van der Waals surface area (Å²) in [5, 5.41) is 10.9. The van der Waals surface area contributed by atoms with Crippen molar-refractivity contribution >= 4 is 23.2 Å². The lowest BCUT2D eigenvalue weighted by Gasteiger charge is -2.14. The van der Waals surface area contributed by atoms with Gasteiger partial charge in [-0.25, -0.2) is 0 Å². The molecule has 0 amide bonds. The average molecular weight is 277 g/mol. The van der Waals surface area contributed by atoms with Crippen molar-refractivity contribution in [2.24, 2.45) is 0 Å². The van der Waals surface area contributed by atoms with Crippen LogP contribution in [0.15, 0.2) is 18.2 Å². The van der Waals surface area contributed by atoms with Crippen molar-refractivity contribution in [3.8, 4) is 0 Å². The summed E-state index contributed by atoms with van der Waals surface area (Å²) in [4.78, 5) is 0. The Kier molecular flexibility index (Phi) is 6.28. The van der Waals surface area contributed by atoms with E-state index in [-0.39, 0.29) is 12.2 Å². The highest BCUT2D eigenvalue weighted by molar-refractivity contribution is 6.42. The molecule has 1 aromatic rings. The Labute approximate surface area is 113 Å². The van der Waals surface area contributed by atoms with Crippen LogP contribution in [-0.4, -0.2) is 24.4 Å². The lowest BCUT2D eigenvalue weighted by molar-refractivity contribution is 0.0851. The first-order valence-electron chi connectivity index (χ1n) is 5.67. The minimum atomic E-state index is -0.371. The molecular weight excluding hydrogens is 259 g/mol. The van der Waals surface area contributed by atoms with Crippen LogP contribution in [-0.2, 0) is 11.2 Å². The summed E-state index contributed by atoms with van der Waals surface area (Å²) in [5.41, 5.74) is 0.997. The Balaban J connectivity index is 2.44. The molecule has 2 unspecified atom stereocenters. The Morgan fingerprint density at radius 2 is 1.94 bits per heavy atom. The Hall–Kier alpha value is -0.280. The minimum absolute atomic E-state index is 0.179. The standard InChI is InChI=1S/C13H18Cl2O2/c1-9(17-2)3-5-11(16)7-10-4-6-12(14)13(15)8-10/h4,6,8-9,11,16H,3,5,7H2,1-2H3. The zero-order chi connectivity index (χ0) is 12.8. The molecule has 0 aliphatic rings. The van der Waals surface area contributed by atoms with E-state index >= 15 is 0 Å². The summed E-state index contributed by atoms with van der Waals surface area (Å²) >= 11 is 11.7. The van der Waals surface area contributed by atoms with Crippen molar-refractivity contribution < 1.29 is 9.84 Å². The van der Waals surface area contributed by atoms with Crippen molar-refractivity contribution in [3.63, 3.8) is 0 Å². The van der Waals surface area contributed by atoms with Gasteiger partial charge in [0.25, 0.3) is 0 Å². The van der Waals surface area contributed by atoms with Gasteiger partial charge in [-0.2, -0.15) is 0 Å². The van der Waals surface area contributed by atoms with Crippen LogP contribution in [0.5, 0.6) is 0 Å². The lowest BCUT2D eigenvalue weighted by Crippen LogP contribution is -2.14. The molecule has 1 N–H and O–H groups in total. The molecule has 0 fully saturated rings. The molecule has 0 aromatic heterocycles. The van der Waals surface area contributed by atoms with Crippen molar-refractivity contribution in [1.29, 1.82) is 0 Å². The van der Waals surface area contributed by atoms with E-state index in [1.807, 2.05) is 13.0 Å². The van der Waals surface area contributed by atoms with Gasteiger partial charge in [-0.3, -0.25) is 0 Å². The topological polar surface area (TPSA) is 29.5 Å². The maximum atomic E-state index is 9.88. The van der Waals surface area contributed by atoms with Crippen LogP contribution in [0.2, 0.25) is 10.0 Å². The molecule has 0 radical (unpaired) electrons. The molecule has 2 nitrogen and oxygen atoms in total. The smallest absolute Gasteiger partial charge is 0.0595 e. The summed E-state index contributed by atoms with van der Waals surface area (Å²) in [7, 11) is 1.68. The van der Waals surface area contributed by atoms with Gasteiger partial charge < -0.3 is 9.84 Å². The fourth-order valence-corrected chi connectivity index (χ4v) is 1.91. The fraction of sp³-hybridized carbons (Fsp3) is 0.538. The maximum absolute atomic E-state index is 9.88. The molecule has 0 bridgehead atoms. The molecule has 2 atom stereocenters. The van der Waals surface area contributed by atoms with Gasteiger partial charge in [0.05, 0.1) is 22.3 Å². The molecule has 96 valence electrons. The van der Waals surface area contributed by atoms with Gasteiger partial charge in [0, 0.05) is 7.11 Å². The van der Waals surface area contributed by atoms with E-state index in [0.717, 1.165) is 18.4 Å². The van der Waals surface area contributed by atoms with Gasteiger partial charge >= 0.3 is 0 Å². The van der Waals surface area contributed by atoms with Gasteiger partial charge in [-0.15, -0.1) is 0 Å². The number of rotatable bonds is 6. The van der Waals surface area contributed by atoms with Crippen molar-refractivity contribution in [2.75, 3.05) is 7.11 Å². The van der Waals surface area contributed by atoms with E-state index in [4.69, 9.17) is 27.9 Å². The summed E-state index contributed by atoms with van der Waals surface area (Å²) in [6.45, 7) is 1.99. The zero-order valence-electron chi connectivity index (χ0n) is 10.1. The minimum Gasteiger partial charge on any atom is -0.393 e. The summed E-state index contributed by atoms with van der Waals surface area (Å²) in [6.07, 6.45) is 1.96. The molecule has 0 aliphatic heterocycles. The Morgan fingerprint density at radius 1 is 1.24 bits per heavy atom. The number of methoxy groups -OCH3 is 1. The van der Waals surface area contributed by atoms with Crippen LogP contribution in [0.25, 0.3) is 0 Å². The molecule has 0 heterocycles. The Bertz CT molecular complexity index is 355. The third kappa shape index (κ3) is 5.26. The molecule has 1 aromatic carbocycles. The highest BCUT2D eigenvalue weighted by Gasteiger charge is 2.09. The first kappa shape index (κ1) is 14.8. The van der Waals surface area contributed by atoms with E-state index in [9.17, 15) is 5.11 Å². The summed E-state index contributed by atoms with van der Waals surface area (Å²) in [6, 6.07) is 5.44. The molecule has 0 saturated carbocycles. The van der Waals surface area contributed by atoms with E-state index < -0.39 is 0 Å². The normalized spacial score (nSPS) is 14.6. The molecule has 0 aliphatic carbocycles. The number of aliphatic hydroxyl groups excluding tert-OH is 1. The second-order valence-corrected chi connectivity index (χ2v) is 5.04. The van der Waals surface area contributed by atoms with Crippen LogP contribution in [0.3, 0.4) is 0 Å². The quantitative estimate of drug-likeness (QED) is 0.858. The number of hydrogen-bond donors (Lipinski definition) is 1. The fourth-order valence-electron chi connectivity index (χ4n) is 1.59. The number of aliphatic hydroxyl groups is 1. The number of halogens is 2. The second-order valence-electron chi connectivity index (χ2n) is 4.23. The second kappa shape index (κ2) is 7.22. The number of benzene rings is 1. The third-order valence-electron chi connectivity index (χ3n) is 2.76. The molecular formula is C13H18Cl2O2. The maximum Gasteiger partial charge on any atom is 0.0595 e. The number of ether oxygens (including phenoxy) is 1. The van der Waals surface area contributed by atoms with Crippen LogP contribution in [0, 0.1) is 0 Å². The molecule has 0 spiro atoms. The van der Waals surface area contributed by atoms with Crippen molar-refractivity contribution in [3.05, 3.63) is 33.8 Å². The summed E-state index contributed by atoms with van der Waals surface area (Å²) < 4.78 is 5.14. The summed E-state index contributed by atoms with van der Waals surface area (Å²) in [5.74, 6) is 0. The molecule has 4 heteroatoms. The zero-order valence-corrected chi connectivity index (χ0v) is 11.6. The predicted molar refractivity (Wildman–Crippen MR) is 71.9 cm³/mol.